The Bertz CT molecular complexity index is 742. The topological polar surface area (TPSA) is 24.9 Å². The van der Waals surface area contributed by atoms with Gasteiger partial charge in [0.05, 0.1) is 19.8 Å². The first kappa shape index (κ1) is 28.0. The largest absolute Gasteiger partial charge is 0.496 e. The van der Waals surface area contributed by atoms with Crippen molar-refractivity contribution >= 4 is 0 Å². The van der Waals surface area contributed by atoms with Crippen molar-refractivity contribution in [2.75, 3.05) is 34.9 Å². The lowest BCUT2D eigenvalue weighted by Crippen LogP contribution is -2.42. The highest BCUT2D eigenvalue weighted by atomic mass is 16.5. The van der Waals surface area contributed by atoms with Crippen LogP contribution >= 0.6 is 0 Å². The van der Waals surface area contributed by atoms with Crippen molar-refractivity contribution in [2.24, 2.45) is 5.92 Å². The number of likely N-dealkylation sites (N-methyl/N-ethyl adjacent to an activating group) is 1. The van der Waals surface area contributed by atoms with Gasteiger partial charge in [-0.3, -0.25) is 4.90 Å². The average molecular weight is 443 g/mol. The first-order valence-corrected chi connectivity index (χ1v) is 12.0. The van der Waals surface area contributed by atoms with Gasteiger partial charge in [0.1, 0.15) is 11.5 Å². The molecule has 1 atom stereocenters. The molecule has 4 heteroatoms. The molecular weight excluding hydrogens is 396 g/mol. The number of hydrogen-bond donors (Lipinski definition) is 0. The quantitative estimate of drug-likeness (QED) is 0.387. The monoisotopic (exact) mass is 442 g/mol. The maximum atomic E-state index is 5.70. The molecule has 0 amide bonds. The molecule has 0 fully saturated rings. The van der Waals surface area contributed by atoms with E-state index in [9.17, 15) is 0 Å². The first-order chi connectivity index (χ1) is 15.4. The van der Waals surface area contributed by atoms with Gasteiger partial charge in [-0.1, -0.05) is 65.0 Å². The molecule has 2 rings (SSSR count). The number of nitrogens with zero attached hydrogens (tertiary/aromatic N) is 2. The van der Waals surface area contributed by atoms with Gasteiger partial charge in [0.15, 0.2) is 0 Å². The second-order valence-electron chi connectivity index (χ2n) is 8.77. The van der Waals surface area contributed by atoms with Crippen molar-refractivity contribution in [1.82, 2.24) is 9.80 Å². The third-order valence-electron chi connectivity index (χ3n) is 5.51. The lowest BCUT2D eigenvalue weighted by molar-refractivity contribution is 0.125. The Morgan fingerprint density at radius 3 is 1.91 bits per heavy atom. The van der Waals surface area contributed by atoms with E-state index in [4.69, 9.17) is 9.47 Å². The molecule has 2 aromatic rings. The van der Waals surface area contributed by atoms with Crippen LogP contribution in [0, 0.1) is 5.92 Å². The molecule has 0 heterocycles. The Morgan fingerprint density at radius 2 is 1.41 bits per heavy atom. The SMILES string of the molecule is CC.CCc1cccc(CN(Cc2c(OC)cccc2OC)[C@@H](CC(C)C)CN(C)C)c1. The molecule has 0 aliphatic heterocycles. The van der Waals surface area contributed by atoms with Crippen molar-refractivity contribution in [3.63, 3.8) is 0 Å². The fourth-order valence-electron chi connectivity index (χ4n) is 4.09. The van der Waals surface area contributed by atoms with Crippen LogP contribution in [0.25, 0.3) is 0 Å². The molecule has 180 valence electrons. The summed E-state index contributed by atoms with van der Waals surface area (Å²) in [6.07, 6.45) is 2.20. The molecule has 0 bridgehead atoms. The van der Waals surface area contributed by atoms with Crippen molar-refractivity contribution < 1.29 is 9.47 Å². The molecular formula is C28H46N2O2. The lowest BCUT2D eigenvalue weighted by atomic mass is 9.99. The van der Waals surface area contributed by atoms with E-state index < -0.39 is 0 Å². The van der Waals surface area contributed by atoms with E-state index in [0.29, 0.717) is 12.0 Å². The van der Waals surface area contributed by atoms with Gasteiger partial charge in [-0.2, -0.15) is 0 Å². The number of aryl methyl sites for hydroxylation is 1. The van der Waals surface area contributed by atoms with E-state index in [1.165, 1.54) is 11.1 Å². The first-order valence-electron chi connectivity index (χ1n) is 12.0. The second kappa shape index (κ2) is 14.9. The minimum atomic E-state index is 0.430. The molecule has 0 radical (unpaired) electrons. The Labute approximate surface area is 197 Å². The molecule has 0 aromatic heterocycles. The highest BCUT2D eigenvalue weighted by molar-refractivity contribution is 5.44. The Morgan fingerprint density at radius 1 is 0.844 bits per heavy atom. The van der Waals surface area contributed by atoms with E-state index in [-0.39, 0.29) is 0 Å². The van der Waals surface area contributed by atoms with Crippen molar-refractivity contribution in [3.8, 4) is 11.5 Å². The van der Waals surface area contributed by atoms with Gasteiger partial charge < -0.3 is 14.4 Å². The molecule has 0 aliphatic rings. The van der Waals surface area contributed by atoms with Crippen LogP contribution < -0.4 is 9.47 Å². The van der Waals surface area contributed by atoms with Gasteiger partial charge >= 0.3 is 0 Å². The van der Waals surface area contributed by atoms with Gasteiger partial charge in [0, 0.05) is 25.7 Å². The third kappa shape index (κ3) is 8.84. The van der Waals surface area contributed by atoms with E-state index >= 15 is 0 Å². The molecule has 0 spiro atoms. The molecule has 0 unspecified atom stereocenters. The molecule has 0 saturated carbocycles. The highest BCUT2D eigenvalue weighted by Crippen LogP contribution is 2.31. The molecule has 2 aromatic carbocycles. The summed E-state index contributed by atoms with van der Waals surface area (Å²) in [7, 11) is 7.79. The molecule has 4 nitrogen and oxygen atoms in total. The molecule has 0 aliphatic carbocycles. The van der Waals surface area contributed by atoms with E-state index in [1.807, 2.05) is 32.0 Å². The average Bonchev–Trinajstić information content (AvgIpc) is 2.79. The van der Waals surface area contributed by atoms with Crippen molar-refractivity contribution in [2.45, 2.75) is 66.6 Å². The van der Waals surface area contributed by atoms with Gasteiger partial charge in [-0.05, 0) is 56.1 Å². The minimum Gasteiger partial charge on any atom is -0.496 e. The summed E-state index contributed by atoms with van der Waals surface area (Å²) >= 11 is 0. The smallest absolute Gasteiger partial charge is 0.127 e. The van der Waals surface area contributed by atoms with E-state index in [1.54, 1.807) is 14.2 Å². The normalized spacial score (nSPS) is 12.0. The zero-order valence-corrected chi connectivity index (χ0v) is 21.9. The maximum Gasteiger partial charge on any atom is 0.127 e. The Kier molecular flexibility index (Phi) is 13.0. The summed E-state index contributed by atoms with van der Waals surface area (Å²) in [5.74, 6) is 2.39. The van der Waals surface area contributed by atoms with Crippen LogP contribution in [0.15, 0.2) is 42.5 Å². The number of hydrogen-bond acceptors (Lipinski definition) is 4. The number of rotatable bonds is 12. The standard InChI is InChI=1S/C26H40N2O2.C2H6/c1-8-21-11-9-12-22(16-21)17-28(23(15-20(2)3)18-27(4)5)19-24-25(29-6)13-10-14-26(24)30-7;1-2/h9-14,16,20,23H,8,15,17-19H2,1-7H3;1-2H3/t23-;/m0./s1. The predicted molar refractivity (Wildman–Crippen MR) is 138 cm³/mol. The van der Waals surface area contributed by atoms with Gasteiger partial charge in [0.25, 0.3) is 0 Å². The molecule has 0 N–H and O–H groups in total. The molecule has 32 heavy (non-hydrogen) atoms. The van der Waals surface area contributed by atoms with Crippen LogP contribution in [0.1, 0.15) is 57.7 Å². The fraction of sp³-hybridized carbons (Fsp3) is 0.571. The summed E-state index contributed by atoms with van der Waals surface area (Å²) in [6, 6.07) is 15.4. The number of ether oxygens (including phenoxy) is 2. The number of methoxy groups -OCH3 is 2. The summed E-state index contributed by atoms with van der Waals surface area (Å²) in [4.78, 5) is 4.89. The zero-order chi connectivity index (χ0) is 24.1. The van der Waals surface area contributed by atoms with E-state index in [0.717, 1.165) is 49.5 Å². The summed E-state index contributed by atoms with van der Waals surface area (Å²) in [5.41, 5.74) is 3.85. The number of benzene rings is 2. The van der Waals surface area contributed by atoms with Gasteiger partial charge in [-0.15, -0.1) is 0 Å². The molecule has 0 saturated heterocycles. The minimum absolute atomic E-state index is 0.430. The van der Waals surface area contributed by atoms with E-state index in [2.05, 4.69) is 68.9 Å². The van der Waals surface area contributed by atoms with Gasteiger partial charge in [-0.25, -0.2) is 0 Å². The summed E-state index contributed by atoms with van der Waals surface area (Å²) in [5, 5.41) is 0. The maximum absolute atomic E-state index is 5.70. The zero-order valence-electron chi connectivity index (χ0n) is 21.9. The van der Waals surface area contributed by atoms with Crippen LogP contribution in [0.4, 0.5) is 0 Å². The van der Waals surface area contributed by atoms with Gasteiger partial charge in [0.2, 0.25) is 0 Å². The van der Waals surface area contributed by atoms with Crippen LogP contribution in [-0.2, 0) is 19.5 Å². The highest BCUT2D eigenvalue weighted by Gasteiger charge is 2.24. The van der Waals surface area contributed by atoms with Crippen LogP contribution in [0.2, 0.25) is 0 Å². The van der Waals surface area contributed by atoms with Crippen LogP contribution in [0.3, 0.4) is 0 Å². The van der Waals surface area contributed by atoms with Crippen molar-refractivity contribution in [1.29, 1.82) is 0 Å². The Hall–Kier alpha value is -2.04. The fourth-order valence-corrected chi connectivity index (χ4v) is 4.09. The second-order valence-corrected chi connectivity index (χ2v) is 8.77. The Balaban J connectivity index is 0.00000249. The predicted octanol–water partition coefficient (Wildman–Crippen LogP) is 6.27. The third-order valence-corrected chi connectivity index (χ3v) is 5.51. The summed E-state index contributed by atoms with van der Waals surface area (Å²) < 4.78 is 11.4. The summed E-state index contributed by atoms with van der Waals surface area (Å²) in [6.45, 7) is 13.5. The van der Waals surface area contributed by atoms with Crippen molar-refractivity contribution in [3.05, 3.63) is 59.2 Å². The van der Waals surface area contributed by atoms with Crippen LogP contribution in [0.5, 0.6) is 11.5 Å². The van der Waals surface area contributed by atoms with Crippen LogP contribution in [-0.4, -0.2) is 50.7 Å². The lowest BCUT2D eigenvalue weighted by Gasteiger charge is -2.35.